The second-order valence-electron chi connectivity index (χ2n) is 7.34. The molecule has 1 fully saturated rings. The highest BCUT2D eigenvalue weighted by Gasteiger charge is 2.21. The van der Waals surface area contributed by atoms with Crippen LogP contribution in [0, 0.1) is 20.8 Å². The van der Waals surface area contributed by atoms with Crippen LogP contribution in [0.2, 0.25) is 0 Å². The van der Waals surface area contributed by atoms with Crippen LogP contribution in [0.5, 0.6) is 0 Å². The van der Waals surface area contributed by atoms with Gasteiger partial charge in [0.05, 0.1) is 6.42 Å². The Morgan fingerprint density at radius 1 is 1.04 bits per heavy atom. The molecule has 0 aliphatic carbocycles. The molecule has 0 bridgehead atoms. The van der Waals surface area contributed by atoms with Crippen LogP contribution in [-0.2, 0) is 11.2 Å². The van der Waals surface area contributed by atoms with E-state index in [0.717, 1.165) is 54.0 Å². The molecule has 1 aromatic carbocycles. The lowest BCUT2D eigenvalue weighted by Gasteiger charge is -2.27. The number of piperidine rings is 1. The molecule has 4 rings (SSSR count). The average molecular weight is 363 g/mol. The molecule has 0 unspecified atom stereocenters. The lowest BCUT2D eigenvalue weighted by molar-refractivity contribution is -0.131. The zero-order chi connectivity index (χ0) is 19.0. The lowest BCUT2D eigenvalue weighted by atomic mass is 10.1. The highest BCUT2D eigenvalue weighted by atomic mass is 16.2. The fourth-order valence-electron chi connectivity index (χ4n) is 3.81. The number of carbonyl (C=O) groups excluding carboxylic acids is 1. The predicted molar refractivity (Wildman–Crippen MR) is 105 cm³/mol. The molecule has 3 heterocycles. The van der Waals surface area contributed by atoms with Gasteiger partial charge in [-0.3, -0.25) is 4.79 Å². The normalized spacial score (nSPS) is 14.7. The number of aryl methyl sites for hydroxylation is 3. The number of likely N-dealkylation sites (tertiary alicyclic amines) is 1. The van der Waals surface area contributed by atoms with E-state index < -0.39 is 0 Å². The summed E-state index contributed by atoms with van der Waals surface area (Å²) in [5, 5.41) is 4.68. The summed E-state index contributed by atoms with van der Waals surface area (Å²) in [6.45, 7) is 7.74. The molecule has 27 heavy (non-hydrogen) atoms. The van der Waals surface area contributed by atoms with Crippen molar-refractivity contribution in [3.05, 3.63) is 46.8 Å². The van der Waals surface area contributed by atoms with Gasteiger partial charge in [0.2, 0.25) is 5.91 Å². The maximum absolute atomic E-state index is 12.7. The third kappa shape index (κ3) is 3.31. The van der Waals surface area contributed by atoms with E-state index in [1.54, 1.807) is 4.52 Å². The van der Waals surface area contributed by atoms with Gasteiger partial charge >= 0.3 is 0 Å². The summed E-state index contributed by atoms with van der Waals surface area (Å²) >= 11 is 0. The molecular weight excluding hydrogens is 338 g/mol. The van der Waals surface area contributed by atoms with Crippen LogP contribution in [-0.4, -0.2) is 43.5 Å². The van der Waals surface area contributed by atoms with Crippen LogP contribution in [0.4, 0.5) is 0 Å². The first-order valence-corrected chi connectivity index (χ1v) is 9.61. The topological polar surface area (TPSA) is 63.4 Å². The summed E-state index contributed by atoms with van der Waals surface area (Å²) in [5.41, 5.74) is 4.89. The first kappa shape index (κ1) is 17.6. The quantitative estimate of drug-likeness (QED) is 0.716. The van der Waals surface area contributed by atoms with Crippen LogP contribution in [0.25, 0.3) is 17.2 Å². The second-order valence-corrected chi connectivity index (χ2v) is 7.34. The van der Waals surface area contributed by atoms with Gasteiger partial charge in [-0.25, -0.2) is 9.50 Å². The van der Waals surface area contributed by atoms with Crippen LogP contribution >= 0.6 is 0 Å². The van der Waals surface area contributed by atoms with Crippen molar-refractivity contribution in [2.45, 2.75) is 46.5 Å². The van der Waals surface area contributed by atoms with E-state index in [2.05, 4.69) is 28.1 Å². The van der Waals surface area contributed by atoms with Crippen LogP contribution in [0.3, 0.4) is 0 Å². The monoisotopic (exact) mass is 363 g/mol. The van der Waals surface area contributed by atoms with E-state index in [4.69, 9.17) is 0 Å². The van der Waals surface area contributed by atoms with Crippen LogP contribution in [0.15, 0.2) is 24.3 Å². The summed E-state index contributed by atoms with van der Waals surface area (Å²) in [5.74, 6) is 1.43. The molecule has 2 aromatic heterocycles. The Labute approximate surface area is 159 Å². The van der Waals surface area contributed by atoms with Crippen molar-refractivity contribution < 1.29 is 4.79 Å². The summed E-state index contributed by atoms with van der Waals surface area (Å²) < 4.78 is 1.77. The van der Waals surface area contributed by atoms with Crippen molar-refractivity contribution in [1.29, 1.82) is 0 Å². The van der Waals surface area contributed by atoms with E-state index in [-0.39, 0.29) is 5.91 Å². The number of carbonyl (C=O) groups is 1. The molecule has 1 amide bonds. The van der Waals surface area contributed by atoms with E-state index in [1.807, 2.05) is 36.9 Å². The van der Waals surface area contributed by atoms with Gasteiger partial charge in [-0.15, -0.1) is 5.10 Å². The number of amides is 1. The summed E-state index contributed by atoms with van der Waals surface area (Å²) in [6.07, 6.45) is 3.80. The highest BCUT2D eigenvalue weighted by molar-refractivity contribution is 5.79. The van der Waals surface area contributed by atoms with Crippen molar-refractivity contribution in [3.8, 4) is 11.4 Å². The largest absolute Gasteiger partial charge is 0.342 e. The first-order valence-electron chi connectivity index (χ1n) is 9.61. The summed E-state index contributed by atoms with van der Waals surface area (Å²) in [6, 6.07) is 8.07. The third-order valence-electron chi connectivity index (χ3n) is 5.47. The van der Waals surface area contributed by atoms with Gasteiger partial charge in [-0.05, 0) is 45.6 Å². The molecule has 0 radical (unpaired) electrons. The molecule has 1 aliphatic heterocycles. The first-order chi connectivity index (χ1) is 13.0. The van der Waals surface area contributed by atoms with Crippen molar-refractivity contribution in [2.24, 2.45) is 0 Å². The molecule has 6 heteroatoms. The lowest BCUT2D eigenvalue weighted by Crippen LogP contribution is -2.37. The standard InChI is InChI=1S/C21H25N5O/c1-14-9-5-6-10-17(14)20-23-21-22-15(2)18(16(3)26(21)24-20)13-19(27)25-11-7-4-8-12-25/h5-6,9-10H,4,7-8,11-13H2,1-3H3. The van der Waals surface area contributed by atoms with E-state index in [1.165, 1.54) is 6.42 Å². The minimum atomic E-state index is 0.182. The minimum Gasteiger partial charge on any atom is -0.342 e. The molecule has 1 aliphatic rings. The molecule has 0 saturated carbocycles. The predicted octanol–water partition coefficient (Wildman–Crippen LogP) is 3.27. The van der Waals surface area contributed by atoms with Crippen molar-refractivity contribution in [3.63, 3.8) is 0 Å². The number of hydrogen-bond acceptors (Lipinski definition) is 4. The van der Waals surface area contributed by atoms with Crippen molar-refractivity contribution in [1.82, 2.24) is 24.5 Å². The SMILES string of the molecule is Cc1ccccc1-c1nc2nc(C)c(CC(=O)N3CCCCC3)c(C)n2n1. The Hall–Kier alpha value is -2.76. The van der Waals surface area contributed by atoms with Crippen LogP contribution < -0.4 is 0 Å². The Morgan fingerprint density at radius 2 is 1.78 bits per heavy atom. The van der Waals surface area contributed by atoms with Crippen LogP contribution in [0.1, 0.15) is 41.8 Å². The van der Waals surface area contributed by atoms with Gasteiger partial charge in [-0.2, -0.15) is 4.98 Å². The van der Waals surface area contributed by atoms with Gasteiger partial charge in [0, 0.05) is 35.6 Å². The maximum Gasteiger partial charge on any atom is 0.253 e. The fraction of sp³-hybridized carbons (Fsp3) is 0.429. The Bertz CT molecular complexity index is 1000. The Kier molecular flexibility index (Phi) is 4.64. The summed E-state index contributed by atoms with van der Waals surface area (Å²) in [7, 11) is 0. The van der Waals surface area contributed by atoms with E-state index in [0.29, 0.717) is 18.0 Å². The molecule has 140 valence electrons. The Morgan fingerprint density at radius 3 is 2.52 bits per heavy atom. The zero-order valence-corrected chi connectivity index (χ0v) is 16.2. The average Bonchev–Trinajstić information content (AvgIpc) is 3.10. The molecule has 0 atom stereocenters. The zero-order valence-electron chi connectivity index (χ0n) is 16.2. The Balaban J connectivity index is 1.70. The van der Waals surface area contributed by atoms with E-state index >= 15 is 0 Å². The molecular formula is C21H25N5O. The number of rotatable bonds is 3. The molecule has 1 saturated heterocycles. The van der Waals surface area contributed by atoms with Gasteiger partial charge in [0.15, 0.2) is 5.82 Å². The van der Waals surface area contributed by atoms with Crippen molar-refractivity contribution >= 4 is 11.7 Å². The number of benzene rings is 1. The highest BCUT2D eigenvalue weighted by Crippen LogP contribution is 2.22. The molecule has 6 nitrogen and oxygen atoms in total. The maximum atomic E-state index is 12.7. The number of hydrogen-bond donors (Lipinski definition) is 0. The summed E-state index contributed by atoms with van der Waals surface area (Å²) in [4.78, 5) is 24.0. The van der Waals surface area contributed by atoms with Gasteiger partial charge in [0.1, 0.15) is 0 Å². The smallest absolute Gasteiger partial charge is 0.253 e. The molecule has 0 N–H and O–H groups in total. The second kappa shape index (κ2) is 7.10. The fourth-order valence-corrected chi connectivity index (χ4v) is 3.81. The van der Waals surface area contributed by atoms with E-state index in [9.17, 15) is 4.79 Å². The molecule has 0 spiro atoms. The molecule has 3 aromatic rings. The number of nitrogens with zero attached hydrogens (tertiary/aromatic N) is 5. The number of fused-ring (bicyclic) bond motifs is 1. The van der Waals surface area contributed by atoms with Gasteiger partial charge in [-0.1, -0.05) is 24.3 Å². The number of aromatic nitrogens is 4. The minimum absolute atomic E-state index is 0.182. The third-order valence-corrected chi connectivity index (χ3v) is 5.47. The van der Waals surface area contributed by atoms with Crippen molar-refractivity contribution in [2.75, 3.05) is 13.1 Å². The van der Waals surface area contributed by atoms with Gasteiger partial charge in [0.25, 0.3) is 5.78 Å². The van der Waals surface area contributed by atoms with Gasteiger partial charge < -0.3 is 4.90 Å².